The molecule has 1 aromatic carbocycles. The van der Waals surface area contributed by atoms with Crippen LogP contribution < -0.4 is 10.1 Å². The second-order valence-electron chi connectivity index (χ2n) is 7.03. The van der Waals surface area contributed by atoms with Gasteiger partial charge in [-0.15, -0.1) is 0 Å². The van der Waals surface area contributed by atoms with Crippen LogP contribution in [0.3, 0.4) is 0 Å². The molecule has 0 heterocycles. The first-order chi connectivity index (χ1) is 12.0. The molecule has 0 aliphatic heterocycles. The van der Waals surface area contributed by atoms with Crippen LogP contribution in [0.4, 0.5) is 0 Å². The lowest BCUT2D eigenvalue weighted by molar-refractivity contribution is -0.140. The third kappa shape index (κ3) is 3.49. The number of nitrogens with one attached hydrogen (secondary N) is 1. The molecule has 2 saturated carbocycles. The van der Waals surface area contributed by atoms with Crippen molar-refractivity contribution in [2.24, 2.45) is 0 Å². The van der Waals surface area contributed by atoms with Gasteiger partial charge in [0, 0.05) is 17.6 Å². The molecule has 0 spiro atoms. The van der Waals surface area contributed by atoms with E-state index in [1.54, 1.807) is 7.11 Å². The molecule has 3 rings (SSSR count). The summed E-state index contributed by atoms with van der Waals surface area (Å²) in [5, 5.41) is 12.1. The Morgan fingerprint density at radius 2 is 2.00 bits per heavy atom. The lowest BCUT2D eigenvalue weighted by Crippen LogP contribution is -2.56. The minimum Gasteiger partial charge on any atom is -0.496 e. The summed E-state index contributed by atoms with van der Waals surface area (Å²) < 4.78 is 5.42. The number of hydrogen-bond donors (Lipinski definition) is 2. The summed E-state index contributed by atoms with van der Waals surface area (Å²) in [6.07, 6.45) is 3.31. The quantitative estimate of drug-likeness (QED) is 0.750. The van der Waals surface area contributed by atoms with Gasteiger partial charge in [0.15, 0.2) is 0 Å². The smallest absolute Gasteiger partial charge is 0.317 e. The predicted octanol–water partition coefficient (Wildman–Crippen LogP) is 1.78. The van der Waals surface area contributed by atoms with E-state index in [4.69, 9.17) is 9.84 Å². The molecule has 0 unspecified atom stereocenters. The van der Waals surface area contributed by atoms with Gasteiger partial charge in [-0.3, -0.25) is 14.5 Å². The second-order valence-corrected chi connectivity index (χ2v) is 7.03. The Bertz CT molecular complexity index is 651. The van der Waals surface area contributed by atoms with Crippen LogP contribution in [0.5, 0.6) is 5.75 Å². The van der Waals surface area contributed by atoms with Gasteiger partial charge in [-0.1, -0.05) is 25.1 Å². The van der Waals surface area contributed by atoms with Crippen molar-refractivity contribution in [1.82, 2.24) is 10.2 Å². The number of methoxy groups -OCH3 is 1. The zero-order valence-electron chi connectivity index (χ0n) is 14.8. The van der Waals surface area contributed by atoms with Crippen LogP contribution in [-0.4, -0.2) is 54.2 Å². The Hall–Kier alpha value is -2.08. The number of carboxylic acid groups (broad SMARTS) is 1. The molecule has 136 valence electrons. The Morgan fingerprint density at radius 3 is 2.56 bits per heavy atom. The molecule has 0 atom stereocenters. The highest BCUT2D eigenvalue weighted by molar-refractivity contribution is 5.92. The molecule has 0 aromatic heterocycles. The first-order valence-corrected chi connectivity index (χ1v) is 8.90. The number of amides is 1. The van der Waals surface area contributed by atoms with Crippen LogP contribution >= 0.6 is 0 Å². The largest absolute Gasteiger partial charge is 0.496 e. The summed E-state index contributed by atoms with van der Waals surface area (Å²) in [5.74, 6) is 0.0319. The molecule has 6 heteroatoms. The normalized spacial score (nSPS) is 23.6. The summed E-state index contributed by atoms with van der Waals surface area (Å²) >= 11 is 0. The number of carbonyl (C=O) groups is 2. The Balaban J connectivity index is 1.58. The van der Waals surface area contributed by atoms with Crippen LogP contribution in [0.25, 0.3) is 0 Å². The molecule has 0 saturated heterocycles. The fraction of sp³-hybridized carbons (Fsp3) is 0.579. The van der Waals surface area contributed by atoms with Gasteiger partial charge in [0.25, 0.3) is 0 Å². The number of aliphatic carboxylic acids is 1. The number of likely N-dealkylation sites (N-methyl/N-ethyl adjacent to an activating group) is 1. The zero-order valence-corrected chi connectivity index (χ0v) is 14.8. The van der Waals surface area contributed by atoms with Crippen molar-refractivity contribution in [1.29, 1.82) is 0 Å². The van der Waals surface area contributed by atoms with Crippen LogP contribution in [0, 0.1) is 0 Å². The van der Waals surface area contributed by atoms with Gasteiger partial charge in [-0.2, -0.15) is 0 Å². The van der Waals surface area contributed by atoms with Gasteiger partial charge in [0.05, 0.1) is 19.1 Å². The molecule has 0 bridgehead atoms. The topological polar surface area (TPSA) is 78.9 Å². The van der Waals surface area contributed by atoms with Crippen molar-refractivity contribution in [3.63, 3.8) is 0 Å². The van der Waals surface area contributed by atoms with E-state index in [1.807, 2.05) is 36.1 Å². The van der Waals surface area contributed by atoms with E-state index < -0.39 is 11.4 Å². The number of carboxylic acids is 1. The van der Waals surface area contributed by atoms with Crippen molar-refractivity contribution in [3.05, 3.63) is 29.8 Å². The molecule has 1 aromatic rings. The Morgan fingerprint density at radius 1 is 1.32 bits per heavy atom. The maximum atomic E-state index is 12.8. The van der Waals surface area contributed by atoms with Gasteiger partial charge in [-0.05, 0) is 38.3 Å². The molecule has 0 radical (unpaired) electrons. The lowest BCUT2D eigenvalue weighted by atomic mass is 9.84. The standard InChI is InChI=1S/C19H26N2O4/c1-3-21(12-17(22)23)14-10-13(11-14)20-18(24)19(8-9-19)15-6-4-5-7-16(15)25-2/h4-7,13-14H,3,8-12H2,1-2H3,(H,20,24)(H,22,23). The van der Waals surface area contributed by atoms with Crippen LogP contribution in [0.15, 0.2) is 24.3 Å². The molecule has 2 aliphatic rings. The molecule has 2 fully saturated rings. The van der Waals surface area contributed by atoms with Gasteiger partial charge in [-0.25, -0.2) is 0 Å². The van der Waals surface area contributed by atoms with Crippen molar-refractivity contribution < 1.29 is 19.4 Å². The average Bonchev–Trinajstić information content (AvgIpc) is 3.37. The minimum atomic E-state index is -0.803. The molecule has 2 N–H and O–H groups in total. The number of para-hydroxylation sites is 1. The summed E-state index contributed by atoms with van der Waals surface area (Å²) in [4.78, 5) is 25.7. The zero-order chi connectivity index (χ0) is 18.0. The summed E-state index contributed by atoms with van der Waals surface area (Å²) in [6.45, 7) is 2.74. The number of rotatable bonds is 8. The van der Waals surface area contributed by atoms with E-state index in [-0.39, 0.29) is 24.5 Å². The van der Waals surface area contributed by atoms with Crippen LogP contribution in [0.2, 0.25) is 0 Å². The molecular formula is C19H26N2O4. The maximum absolute atomic E-state index is 12.8. The monoisotopic (exact) mass is 346 g/mol. The summed E-state index contributed by atoms with van der Waals surface area (Å²) in [6, 6.07) is 8.10. The second kappa shape index (κ2) is 7.04. The third-order valence-corrected chi connectivity index (χ3v) is 5.52. The van der Waals surface area contributed by atoms with Crippen LogP contribution in [0.1, 0.15) is 38.2 Å². The third-order valence-electron chi connectivity index (χ3n) is 5.52. The fourth-order valence-electron chi connectivity index (χ4n) is 3.78. The van der Waals surface area contributed by atoms with Gasteiger partial charge in [0.1, 0.15) is 5.75 Å². The van der Waals surface area contributed by atoms with Crippen molar-refractivity contribution in [2.75, 3.05) is 20.2 Å². The highest BCUT2D eigenvalue weighted by Gasteiger charge is 2.53. The Kier molecular flexibility index (Phi) is 4.99. The maximum Gasteiger partial charge on any atom is 0.317 e. The van der Waals surface area contributed by atoms with Crippen molar-refractivity contribution in [2.45, 2.75) is 50.1 Å². The van der Waals surface area contributed by atoms with E-state index in [0.717, 1.165) is 37.0 Å². The predicted molar refractivity (Wildman–Crippen MR) is 93.7 cm³/mol. The number of benzene rings is 1. The Labute approximate surface area is 148 Å². The van der Waals surface area contributed by atoms with E-state index in [0.29, 0.717) is 6.54 Å². The first-order valence-electron chi connectivity index (χ1n) is 8.90. The highest BCUT2D eigenvalue weighted by Crippen LogP contribution is 2.51. The van der Waals surface area contributed by atoms with E-state index in [1.165, 1.54) is 0 Å². The number of carbonyl (C=O) groups excluding carboxylic acids is 1. The molecule has 6 nitrogen and oxygen atoms in total. The van der Waals surface area contributed by atoms with Gasteiger partial charge < -0.3 is 15.2 Å². The molecular weight excluding hydrogens is 320 g/mol. The molecule has 1 amide bonds. The van der Waals surface area contributed by atoms with Gasteiger partial charge in [0.2, 0.25) is 5.91 Å². The van der Waals surface area contributed by atoms with E-state index in [2.05, 4.69) is 5.32 Å². The highest BCUT2D eigenvalue weighted by atomic mass is 16.5. The van der Waals surface area contributed by atoms with Gasteiger partial charge >= 0.3 is 5.97 Å². The minimum absolute atomic E-state index is 0.0625. The van der Waals surface area contributed by atoms with E-state index in [9.17, 15) is 9.59 Å². The number of nitrogens with zero attached hydrogens (tertiary/aromatic N) is 1. The molecule has 25 heavy (non-hydrogen) atoms. The fourth-order valence-corrected chi connectivity index (χ4v) is 3.78. The summed E-state index contributed by atoms with van der Waals surface area (Å²) in [5.41, 5.74) is 0.510. The van der Waals surface area contributed by atoms with E-state index >= 15 is 0 Å². The summed E-state index contributed by atoms with van der Waals surface area (Å²) in [7, 11) is 1.63. The van der Waals surface area contributed by atoms with Crippen molar-refractivity contribution >= 4 is 11.9 Å². The van der Waals surface area contributed by atoms with Crippen LogP contribution in [-0.2, 0) is 15.0 Å². The molecule has 2 aliphatic carbocycles. The SMILES string of the molecule is CCN(CC(=O)O)C1CC(NC(=O)C2(c3ccccc3OC)CC2)C1. The number of hydrogen-bond acceptors (Lipinski definition) is 4. The number of ether oxygens (including phenoxy) is 1. The average molecular weight is 346 g/mol. The first kappa shape index (κ1) is 17.7. The lowest BCUT2D eigenvalue weighted by Gasteiger charge is -2.42. The van der Waals surface area contributed by atoms with Crippen molar-refractivity contribution in [3.8, 4) is 5.75 Å².